The SMILES string of the molecule is CN=C(NCc1nc(C(C)C)cs1)NCC1CCN(S(C)(=O)=O)CC1. The van der Waals surface area contributed by atoms with Crippen LogP contribution >= 0.6 is 11.3 Å². The number of sulfonamides is 1. The van der Waals surface area contributed by atoms with Gasteiger partial charge in [0.1, 0.15) is 5.01 Å². The number of aromatic nitrogens is 1. The molecule has 9 heteroatoms. The molecule has 7 nitrogen and oxygen atoms in total. The molecule has 1 aromatic rings. The summed E-state index contributed by atoms with van der Waals surface area (Å²) < 4.78 is 24.7. The minimum absolute atomic E-state index is 0.445. The first-order chi connectivity index (χ1) is 11.8. The summed E-state index contributed by atoms with van der Waals surface area (Å²) in [5.74, 6) is 1.66. The van der Waals surface area contributed by atoms with Crippen molar-refractivity contribution in [3.63, 3.8) is 0 Å². The van der Waals surface area contributed by atoms with Gasteiger partial charge in [0, 0.05) is 32.1 Å². The van der Waals surface area contributed by atoms with Gasteiger partial charge in [-0.05, 0) is 24.7 Å². The maximum atomic E-state index is 11.5. The van der Waals surface area contributed by atoms with Crippen molar-refractivity contribution in [2.24, 2.45) is 10.9 Å². The molecule has 1 aromatic heterocycles. The number of nitrogens with zero attached hydrogens (tertiary/aromatic N) is 3. The smallest absolute Gasteiger partial charge is 0.211 e. The fourth-order valence-corrected chi connectivity index (χ4v) is 4.51. The Morgan fingerprint density at radius 2 is 2.08 bits per heavy atom. The molecule has 142 valence electrons. The summed E-state index contributed by atoms with van der Waals surface area (Å²) in [6.07, 6.45) is 3.03. The zero-order valence-corrected chi connectivity index (χ0v) is 17.1. The van der Waals surface area contributed by atoms with E-state index in [4.69, 9.17) is 0 Å². The number of hydrogen-bond acceptors (Lipinski definition) is 5. The molecule has 1 saturated heterocycles. The number of nitrogens with one attached hydrogen (secondary N) is 2. The number of thiazole rings is 1. The van der Waals surface area contributed by atoms with Crippen LogP contribution in [0, 0.1) is 5.92 Å². The molecule has 2 rings (SSSR count). The van der Waals surface area contributed by atoms with Crippen molar-refractivity contribution in [3.05, 3.63) is 16.1 Å². The number of hydrogen-bond donors (Lipinski definition) is 2. The highest BCUT2D eigenvalue weighted by atomic mass is 32.2. The molecule has 0 radical (unpaired) electrons. The van der Waals surface area contributed by atoms with E-state index in [2.05, 4.69) is 39.8 Å². The van der Waals surface area contributed by atoms with Crippen LogP contribution in [-0.2, 0) is 16.6 Å². The maximum absolute atomic E-state index is 11.5. The topological polar surface area (TPSA) is 86.7 Å². The number of rotatable bonds is 6. The summed E-state index contributed by atoms with van der Waals surface area (Å²) in [4.78, 5) is 8.86. The third-order valence-electron chi connectivity index (χ3n) is 4.39. The molecular formula is C16H29N5O2S2. The largest absolute Gasteiger partial charge is 0.356 e. The van der Waals surface area contributed by atoms with E-state index in [0.717, 1.165) is 36.0 Å². The maximum Gasteiger partial charge on any atom is 0.211 e. The molecule has 0 saturated carbocycles. The van der Waals surface area contributed by atoms with Crippen molar-refractivity contribution in [3.8, 4) is 0 Å². The van der Waals surface area contributed by atoms with Crippen LogP contribution in [0.5, 0.6) is 0 Å². The molecular weight excluding hydrogens is 358 g/mol. The Morgan fingerprint density at radius 3 is 2.60 bits per heavy atom. The molecule has 2 heterocycles. The van der Waals surface area contributed by atoms with Crippen LogP contribution in [0.1, 0.15) is 43.3 Å². The summed E-state index contributed by atoms with van der Waals surface area (Å²) in [6, 6.07) is 0. The summed E-state index contributed by atoms with van der Waals surface area (Å²) in [5, 5.41) is 9.79. The first-order valence-electron chi connectivity index (χ1n) is 8.63. The normalized spacial score (nSPS) is 17.9. The van der Waals surface area contributed by atoms with Crippen LogP contribution in [0.15, 0.2) is 10.4 Å². The van der Waals surface area contributed by atoms with Gasteiger partial charge >= 0.3 is 0 Å². The zero-order valence-electron chi connectivity index (χ0n) is 15.4. The molecule has 25 heavy (non-hydrogen) atoms. The fourth-order valence-electron chi connectivity index (χ4n) is 2.74. The van der Waals surface area contributed by atoms with E-state index in [-0.39, 0.29) is 0 Å². The first kappa shape index (κ1) is 20.1. The van der Waals surface area contributed by atoms with Gasteiger partial charge in [0.2, 0.25) is 10.0 Å². The van der Waals surface area contributed by atoms with Crippen LogP contribution < -0.4 is 10.6 Å². The summed E-state index contributed by atoms with van der Waals surface area (Å²) in [7, 11) is -1.30. The van der Waals surface area contributed by atoms with Gasteiger partial charge in [-0.15, -0.1) is 11.3 Å². The summed E-state index contributed by atoms with van der Waals surface area (Å²) in [6.45, 7) is 6.95. The van der Waals surface area contributed by atoms with Crippen LogP contribution in [0.2, 0.25) is 0 Å². The van der Waals surface area contributed by atoms with Crippen molar-refractivity contribution >= 4 is 27.3 Å². The fraction of sp³-hybridized carbons (Fsp3) is 0.750. The van der Waals surface area contributed by atoms with Crippen molar-refractivity contribution in [2.45, 2.75) is 39.2 Å². The highest BCUT2D eigenvalue weighted by Crippen LogP contribution is 2.19. The van der Waals surface area contributed by atoms with Crippen molar-refractivity contribution in [2.75, 3.05) is 32.9 Å². The van der Waals surface area contributed by atoms with Crippen molar-refractivity contribution in [1.29, 1.82) is 0 Å². The summed E-state index contributed by atoms with van der Waals surface area (Å²) in [5.41, 5.74) is 1.13. The van der Waals surface area contributed by atoms with E-state index in [1.54, 1.807) is 22.7 Å². The predicted octanol–water partition coefficient (Wildman–Crippen LogP) is 1.60. The average Bonchev–Trinajstić information content (AvgIpc) is 3.04. The molecule has 0 atom stereocenters. The Balaban J connectivity index is 1.73. The van der Waals surface area contributed by atoms with Crippen LogP contribution in [-0.4, -0.2) is 56.6 Å². The van der Waals surface area contributed by atoms with Gasteiger partial charge in [-0.1, -0.05) is 13.8 Å². The second kappa shape index (κ2) is 8.95. The zero-order chi connectivity index (χ0) is 18.4. The van der Waals surface area contributed by atoms with Crippen molar-refractivity contribution < 1.29 is 8.42 Å². The van der Waals surface area contributed by atoms with Gasteiger partial charge in [-0.3, -0.25) is 4.99 Å². The molecule has 1 fully saturated rings. The number of piperidine rings is 1. The van der Waals surface area contributed by atoms with Crippen LogP contribution in [0.3, 0.4) is 0 Å². The molecule has 0 aliphatic carbocycles. The third-order valence-corrected chi connectivity index (χ3v) is 6.56. The monoisotopic (exact) mass is 387 g/mol. The Bertz CT molecular complexity index is 676. The molecule has 2 N–H and O–H groups in total. The van der Waals surface area contributed by atoms with Gasteiger partial charge in [-0.2, -0.15) is 0 Å². The lowest BCUT2D eigenvalue weighted by Crippen LogP contribution is -2.43. The first-order valence-corrected chi connectivity index (χ1v) is 11.4. The van der Waals surface area contributed by atoms with Gasteiger partial charge in [0.25, 0.3) is 0 Å². The Kier molecular flexibility index (Phi) is 7.21. The van der Waals surface area contributed by atoms with Crippen molar-refractivity contribution in [1.82, 2.24) is 19.9 Å². The molecule has 1 aliphatic heterocycles. The van der Waals surface area contributed by atoms with Gasteiger partial charge < -0.3 is 10.6 Å². The van der Waals surface area contributed by atoms with E-state index in [1.807, 2.05) is 0 Å². The quantitative estimate of drug-likeness (QED) is 0.572. The Hall–Kier alpha value is -1.19. The third kappa shape index (κ3) is 6.23. The molecule has 0 spiro atoms. The highest BCUT2D eigenvalue weighted by molar-refractivity contribution is 7.88. The number of aliphatic imine (C=N–C) groups is 1. The van der Waals surface area contributed by atoms with E-state index < -0.39 is 10.0 Å². The van der Waals surface area contributed by atoms with E-state index in [0.29, 0.717) is 31.5 Å². The highest BCUT2D eigenvalue weighted by Gasteiger charge is 2.24. The molecule has 0 amide bonds. The van der Waals surface area contributed by atoms with E-state index in [9.17, 15) is 8.42 Å². The minimum atomic E-state index is -3.06. The molecule has 0 bridgehead atoms. The van der Waals surface area contributed by atoms with E-state index in [1.165, 1.54) is 6.26 Å². The Labute approximate surface area is 155 Å². The standard InChI is InChI=1S/C16H29N5O2S2/c1-12(2)14-11-24-15(20-14)10-19-16(17-3)18-9-13-5-7-21(8-6-13)25(4,22)23/h11-13H,5-10H2,1-4H3,(H2,17,18,19). The minimum Gasteiger partial charge on any atom is -0.356 e. The predicted molar refractivity (Wildman–Crippen MR) is 104 cm³/mol. The molecule has 0 unspecified atom stereocenters. The number of guanidine groups is 1. The van der Waals surface area contributed by atoms with Gasteiger partial charge in [0.05, 0.1) is 18.5 Å². The lowest BCUT2D eigenvalue weighted by molar-refractivity contribution is 0.275. The molecule has 0 aromatic carbocycles. The average molecular weight is 388 g/mol. The molecule has 1 aliphatic rings. The van der Waals surface area contributed by atoms with Crippen LogP contribution in [0.4, 0.5) is 0 Å². The second-order valence-electron chi connectivity index (χ2n) is 6.73. The van der Waals surface area contributed by atoms with E-state index >= 15 is 0 Å². The van der Waals surface area contributed by atoms with Gasteiger partial charge in [0.15, 0.2) is 5.96 Å². The lowest BCUT2D eigenvalue weighted by Gasteiger charge is -2.30. The second-order valence-corrected chi connectivity index (χ2v) is 9.66. The summed E-state index contributed by atoms with van der Waals surface area (Å²) >= 11 is 1.66. The van der Waals surface area contributed by atoms with Crippen LogP contribution in [0.25, 0.3) is 0 Å². The Morgan fingerprint density at radius 1 is 1.40 bits per heavy atom. The lowest BCUT2D eigenvalue weighted by atomic mass is 9.98. The van der Waals surface area contributed by atoms with Gasteiger partial charge in [-0.25, -0.2) is 17.7 Å².